The van der Waals surface area contributed by atoms with Gasteiger partial charge in [-0.1, -0.05) is 11.6 Å². The first kappa shape index (κ1) is 17.1. The lowest BCUT2D eigenvalue weighted by atomic mass is 10.3. The average molecular weight is 377 g/mol. The van der Waals surface area contributed by atoms with Crippen molar-refractivity contribution in [3.05, 3.63) is 39.9 Å². The van der Waals surface area contributed by atoms with Crippen LogP contribution < -0.4 is 25.4 Å². The molecule has 2 aliphatic heterocycles. The molecule has 8 nitrogen and oxygen atoms in total. The van der Waals surface area contributed by atoms with E-state index in [1.165, 1.54) is 0 Å². The van der Waals surface area contributed by atoms with Crippen molar-refractivity contribution in [1.82, 2.24) is 20.5 Å². The third-order valence-electron chi connectivity index (χ3n) is 4.75. The van der Waals surface area contributed by atoms with Gasteiger partial charge in [0.1, 0.15) is 11.1 Å². The van der Waals surface area contributed by atoms with E-state index in [9.17, 15) is 4.79 Å². The van der Waals surface area contributed by atoms with E-state index in [1.807, 2.05) is 17.0 Å². The number of nitrogens with zero attached hydrogens (tertiary/aromatic N) is 4. The van der Waals surface area contributed by atoms with Crippen LogP contribution in [0.1, 0.15) is 6.42 Å². The van der Waals surface area contributed by atoms with Gasteiger partial charge < -0.3 is 19.9 Å². The standard InChI is InChI=1S/C17H21ClN6O2/c18-16-14(10-21-22-17(16)25)24-6-2-13(11-24)26-15-9-12(1-3-20-15)23-7-4-19-5-8-23/h1,3,9-10,13,19H,2,4-8,11H2,(H,22,25). The Morgan fingerprint density at radius 1 is 1.23 bits per heavy atom. The van der Waals surface area contributed by atoms with Crippen molar-refractivity contribution in [3.8, 4) is 5.88 Å². The molecule has 2 saturated heterocycles. The molecule has 0 amide bonds. The van der Waals surface area contributed by atoms with Crippen molar-refractivity contribution >= 4 is 23.0 Å². The van der Waals surface area contributed by atoms with Gasteiger partial charge in [0.05, 0.1) is 18.4 Å². The number of rotatable bonds is 4. The van der Waals surface area contributed by atoms with Crippen LogP contribution in [0.2, 0.25) is 5.02 Å². The molecule has 0 spiro atoms. The highest BCUT2D eigenvalue weighted by Crippen LogP contribution is 2.27. The smallest absolute Gasteiger partial charge is 0.285 e. The molecule has 0 bridgehead atoms. The van der Waals surface area contributed by atoms with Crippen LogP contribution in [-0.2, 0) is 0 Å². The van der Waals surface area contributed by atoms with Gasteiger partial charge in [0, 0.05) is 57.1 Å². The summed E-state index contributed by atoms with van der Waals surface area (Å²) < 4.78 is 6.08. The minimum atomic E-state index is -0.376. The van der Waals surface area contributed by atoms with Gasteiger partial charge in [-0.15, -0.1) is 0 Å². The number of piperazine rings is 1. The molecule has 1 unspecified atom stereocenters. The third kappa shape index (κ3) is 3.61. The molecule has 2 aromatic rings. The lowest BCUT2D eigenvalue weighted by Crippen LogP contribution is -2.43. The highest BCUT2D eigenvalue weighted by atomic mass is 35.5. The first-order valence-corrected chi connectivity index (χ1v) is 9.15. The Morgan fingerprint density at radius 3 is 2.92 bits per heavy atom. The molecule has 2 N–H and O–H groups in total. The largest absolute Gasteiger partial charge is 0.472 e. The summed E-state index contributed by atoms with van der Waals surface area (Å²) in [7, 11) is 0. The molecule has 0 aromatic carbocycles. The SMILES string of the molecule is O=c1[nH]ncc(N2CCC(Oc3cc(N4CCNCC4)ccn3)C2)c1Cl. The molecule has 2 fully saturated rings. The van der Waals surface area contributed by atoms with Crippen molar-refractivity contribution in [3.63, 3.8) is 0 Å². The highest BCUT2D eigenvalue weighted by Gasteiger charge is 2.27. The molecule has 1 atom stereocenters. The number of nitrogens with one attached hydrogen (secondary N) is 2. The second-order valence-electron chi connectivity index (χ2n) is 6.46. The zero-order valence-electron chi connectivity index (χ0n) is 14.3. The second-order valence-corrected chi connectivity index (χ2v) is 6.84. The van der Waals surface area contributed by atoms with Gasteiger partial charge in [-0.3, -0.25) is 4.79 Å². The summed E-state index contributed by atoms with van der Waals surface area (Å²) in [6.45, 7) is 5.34. The summed E-state index contributed by atoms with van der Waals surface area (Å²) in [5.41, 5.74) is 1.40. The number of pyridine rings is 1. The van der Waals surface area contributed by atoms with Gasteiger partial charge in [-0.2, -0.15) is 5.10 Å². The molecule has 0 radical (unpaired) electrons. The average Bonchev–Trinajstić information content (AvgIpc) is 3.13. The molecule has 9 heteroatoms. The predicted molar refractivity (Wildman–Crippen MR) is 100 cm³/mol. The Hall–Kier alpha value is -2.32. The monoisotopic (exact) mass is 376 g/mol. The zero-order chi connectivity index (χ0) is 17.9. The Morgan fingerprint density at radius 2 is 2.08 bits per heavy atom. The molecule has 0 saturated carbocycles. The Bertz CT molecular complexity index is 823. The van der Waals surface area contributed by atoms with Gasteiger partial charge >= 0.3 is 0 Å². The maximum absolute atomic E-state index is 11.6. The fraction of sp³-hybridized carbons (Fsp3) is 0.471. The second kappa shape index (κ2) is 7.51. The lowest BCUT2D eigenvalue weighted by Gasteiger charge is -2.29. The van der Waals surface area contributed by atoms with Crippen molar-refractivity contribution in [2.24, 2.45) is 0 Å². The maximum atomic E-state index is 11.6. The van der Waals surface area contributed by atoms with Crippen LogP contribution >= 0.6 is 11.6 Å². The van der Waals surface area contributed by atoms with Gasteiger partial charge in [0.15, 0.2) is 0 Å². The van der Waals surface area contributed by atoms with Crippen LogP contribution in [-0.4, -0.2) is 60.6 Å². The topological polar surface area (TPSA) is 86.4 Å². The molecule has 2 aliphatic rings. The number of halogens is 1. The number of hydrogen-bond acceptors (Lipinski definition) is 7. The van der Waals surface area contributed by atoms with Gasteiger partial charge in [0.25, 0.3) is 5.56 Å². The van der Waals surface area contributed by atoms with E-state index in [4.69, 9.17) is 16.3 Å². The molecular weight excluding hydrogens is 356 g/mol. The van der Waals surface area contributed by atoms with E-state index in [0.717, 1.165) is 44.8 Å². The van der Waals surface area contributed by atoms with Crippen molar-refractivity contribution < 1.29 is 4.74 Å². The van der Waals surface area contributed by atoms with E-state index in [2.05, 4.69) is 25.4 Å². The minimum Gasteiger partial charge on any atom is -0.472 e. The van der Waals surface area contributed by atoms with Crippen LogP contribution in [0, 0.1) is 0 Å². The van der Waals surface area contributed by atoms with E-state index in [0.29, 0.717) is 18.1 Å². The molecule has 2 aromatic heterocycles. The Kier molecular flexibility index (Phi) is 4.94. The van der Waals surface area contributed by atoms with Gasteiger partial charge in [-0.25, -0.2) is 10.1 Å². The van der Waals surface area contributed by atoms with Crippen LogP contribution in [0.4, 0.5) is 11.4 Å². The van der Waals surface area contributed by atoms with E-state index in [-0.39, 0.29) is 16.7 Å². The summed E-state index contributed by atoms with van der Waals surface area (Å²) >= 11 is 6.10. The number of hydrogen-bond donors (Lipinski definition) is 2. The van der Waals surface area contributed by atoms with Gasteiger partial charge in [0.2, 0.25) is 5.88 Å². The fourth-order valence-corrected chi connectivity index (χ4v) is 3.60. The van der Waals surface area contributed by atoms with Crippen LogP contribution in [0.5, 0.6) is 5.88 Å². The summed E-state index contributed by atoms with van der Waals surface area (Å²) in [6, 6.07) is 4.01. The number of anilines is 2. The normalized spacial score (nSPS) is 20.4. The Labute approximate surface area is 156 Å². The quantitative estimate of drug-likeness (QED) is 0.819. The summed E-state index contributed by atoms with van der Waals surface area (Å²) in [5.74, 6) is 0.628. The number of aromatic amines is 1. The lowest BCUT2D eigenvalue weighted by molar-refractivity contribution is 0.216. The first-order valence-electron chi connectivity index (χ1n) is 8.77. The predicted octanol–water partition coefficient (Wildman–Crippen LogP) is 0.886. The third-order valence-corrected chi connectivity index (χ3v) is 5.12. The van der Waals surface area contributed by atoms with Crippen molar-refractivity contribution in [2.75, 3.05) is 49.1 Å². The summed E-state index contributed by atoms with van der Waals surface area (Å²) in [5, 5.41) is 9.69. The van der Waals surface area contributed by atoms with E-state index >= 15 is 0 Å². The molecule has 4 heterocycles. The summed E-state index contributed by atoms with van der Waals surface area (Å²) in [6.07, 6.45) is 4.20. The first-order chi connectivity index (χ1) is 12.7. The maximum Gasteiger partial charge on any atom is 0.285 e. The van der Waals surface area contributed by atoms with Crippen molar-refractivity contribution in [1.29, 1.82) is 0 Å². The molecule has 26 heavy (non-hydrogen) atoms. The van der Waals surface area contributed by atoms with Gasteiger partial charge in [-0.05, 0) is 6.07 Å². The molecule has 138 valence electrons. The summed E-state index contributed by atoms with van der Waals surface area (Å²) in [4.78, 5) is 20.3. The van der Waals surface area contributed by atoms with E-state index in [1.54, 1.807) is 12.4 Å². The highest BCUT2D eigenvalue weighted by molar-refractivity contribution is 6.33. The molecule has 4 rings (SSSR count). The fourth-order valence-electron chi connectivity index (χ4n) is 3.39. The minimum absolute atomic E-state index is 0.00359. The number of aromatic nitrogens is 3. The van der Waals surface area contributed by atoms with Crippen LogP contribution in [0.15, 0.2) is 29.3 Å². The van der Waals surface area contributed by atoms with Crippen LogP contribution in [0.3, 0.4) is 0 Å². The van der Waals surface area contributed by atoms with Crippen LogP contribution in [0.25, 0.3) is 0 Å². The molecule has 0 aliphatic carbocycles. The number of ether oxygens (including phenoxy) is 1. The van der Waals surface area contributed by atoms with Crippen molar-refractivity contribution in [2.45, 2.75) is 12.5 Å². The Balaban J connectivity index is 1.42. The zero-order valence-corrected chi connectivity index (χ0v) is 15.1. The number of H-pyrrole nitrogens is 1. The molecular formula is C17H21ClN6O2. The van der Waals surface area contributed by atoms with E-state index < -0.39 is 0 Å².